The van der Waals surface area contributed by atoms with Gasteiger partial charge in [-0.3, -0.25) is 9.59 Å². The van der Waals surface area contributed by atoms with Gasteiger partial charge in [0.1, 0.15) is 0 Å². The molecule has 1 aromatic rings. The van der Waals surface area contributed by atoms with E-state index in [0.29, 0.717) is 35.4 Å². The number of hydrogen-bond acceptors (Lipinski definition) is 3. The van der Waals surface area contributed by atoms with Crippen molar-refractivity contribution >= 4 is 40.4 Å². The Morgan fingerprint density at radius 1 is 0.976 bits per heavy atom. The van der Waals surface area contributed by atoms with Crippen LogP contribution in [0.15, 0.2) is 42.0 Å². The molecule has 0 bridgehead atoms. The van der Waals surface area contributed by atoms with Gasteiger partial charge in [-0.1, -0.05) is 58.9 Å². The number of benzene rings is 1. The van der Waals surface area contributed by atoms with Crippen LogP contribution in [0.5, 0.6) is 0 Å². The van der Waals surface area contributed by atoms with Gasteiger partial charge in [0.15, 0.2) is 5.78 Å². The van der Waals surface area contributed by atoms with Crippen LogP contribution in [-0.2, 0) is 14.3 Å². The second-order valence-electron chi connectivity index (χ2n) is 16.3. The van der Waals surface area contributed by atoms with Crippen molar-refractivity contribution < 1.29 is 14.3 Å². The molecular formula is C38H51IO3. The van der Waals surface area contributed by atoms with Crippen LogP contribution in [0, 0.1) is 60.2 Å². The molecule has 4 heteroatoms. The number of fused-ring (bicyclic) bond motifs is 7. The number of halogens is 1. The molecule has 0 aliphatic heterocycles. The molecule has 0 amide bonds. The lowest BCUT2D eigenvalue weighted by Crippen LogP contribution is -2.67. The van der Waals surface area contributed by atoms with E-state index >= 15 is 0 Å². The van der Waals surface area contributed by atoms with Gasteiger partial charge in [0.05, 0.1) is 12.5 Å². The van der Waals surface area contributed by atoms with Crippen molar-refractivity contribution in [2.75, 3.05) is 7.11 Å². The maximum absolute atomic E-state index is 14.1. The van der Waals surface area contributed by atoms with Crippen molar-refractivity contribution in [1.29, 1.82) is 0 Å². The molecule has 5 aliphatic carbocycles. The standard InChI is InChI=1S/C38H51IO3/c1-23(2)27-14-17-38(33(41)42-8)19-18-36(6)28(31(27)38)12-13-30-35(5)22-25(20-24-10-9-11-26(39)21-24)32(40)34(3,4)29(35)15-16-37(30,36)7/h9-11,20-21,27-31H,1,12-19,22H2,2-8H3/t27-,28+,29?,30+,31?,35-,36+,37+,38-/m0/s1. The Bertz CT molecular complexity index is 1360. The van der Waals surface area contributed by atoms with E-state index < -0.39 is 0 Å². The van der Waals surface area contributed by atoms with Gasteiger partial charge in [-0.25, -0.2) is 0 Å². The smallest absolute Gasteiger partial charge is 0.312 e. The van der Waals surface area contributed by atoms with E-state index in [1.165, 1.54) is 22.0 Å². The number of methoxy groups -OCH3 is 1. The zero-order chi connectivity index (χ0) is 30.5. The molecule has 6 rings (SSSR count). The normalized spacial score (nSPS) is 44.9. The molecule has 0 heterocycles. The van der Waals surface area contributed by atoms with Gasteiger partial charge in [0, 0.05) is 8.99 Å². The fourth-order valence-electron chi connectivity index (χ4n) is 12.5. The molecule has 9 atom stereocenters. The first-order chi connectivity index (χ1) is 19.7. The Labute approximate surface area is 267 Å². The number of ether oxygens (including phenoxy) is 1. The molecule has 0 N–H and O–H groups in total. The summed E-state index contributed by atoms with van der Waals surface area (Å²) in [7, 11) is 1.59. The van der Waals surface area contributed by atoms with Crippen molar-refractivity contribution in [3.05, 3.63) is 51.1 Å². The Balaban J connectivity index is 1.42. The zero-order valence-corrected chi connectivity index (χ0v) is 29.1. The lowest BCUT2D eigenvalue weighted by molar-refractivity contribution is -0.232. The van der Waals surface area contributed by atoms with Crippen LogP contribution in [0.25, 0.3) is 6.08 Å². The fraction of sp³-hybridized carbons (Fsp3) is 0.684. The first-order valence-corrected chi connectivity index (χ1v) is 17.5. The SMILES string of the molecule is C=C(C)[C@@H]1CC[C@]2(C(=O)OC)CC[C@]3(C)[C@H](CC[C@@H]4[C@@]5(C)CC(=Cc6cccc(I)c6)C(=O)C(C)(C)C5CC[C@]43C)C12. The summed E-state index contributed by atoms with van der Waals surface area (Å²) in [5.74, 6) is 2.53. The number of ketones is 1. The van der Waals surface area contributed by atoms with Crippen LogP contribution in [0.1, 0.15) is 105 Å². The quantitative estimate of drug-likeness (QED) is 0.138. The predicted octanol–water partition coefficient (Wildman–Crippen LogP) is 9.68. The molecule has 0 aromatic heterocycles. The minimum absolute atomic E-state index is 0.0270. The van der Waals surface area contributed by atoms with E-state index in [4.69, 9.17) is 4.74 Å². The maximum atomic E-state index is 14.1. The van der Waals surface area contributed by atoms with Gasteiger partial charge in [0.25, 0.3) is 0 Å². The van der Waals surface area contributed by atoms with Crippen LogP contribution in [-0.4, -0.2) is 18.9 Å². The van der Waals surface area contributed by atoms with Gasteiger partial charge < -0.3 is 4.74 Å². The van der Waals surface area contributed by atoms with Crippen molar-refractivity contribution in [3.63, 3.8) is 0 Å². The molecule has 0 spiro atoms. The molecule has 0 saturated heterocycles. The number of carbonyl (C=O) groups is 2. The number of Topliss-reactive ketones (excluding diaryl/α,β-unsaturated/α-hetero) is 1. The van der Waals surface area contributed by atoms with Crippen LogP contribution < -0.4 is 0 Å². The molecular weight excluding hydrogens is 631 g/mol. The summed E-state index contributed by atoms with van der Waals surface area (Å²) in [4.78, 5) is 27.6. The van der Waals surface area contributed by atoms with Crippen LogP contribution in [0.3, 0.4) is 0 Å². The van der Waals surface area contributed by atoms with Crippen molar-refractivity contribution in [1.82, 2.24) is 0 Å². The van der Waals surface area contributed by atoms with E-state index in [-0.39, 0.29) is 33.0 Å². The number of rotatable bonds is 3. The van der Waals surface area contributed by atoms with Gasteiger partial charge in [0.2, 0.25) is 0 Å². The number of allylic oxidation sites excluding steroid dienone is 2. The summed E-state index contributed by atoms with van der Waals surface area (Å²) in [6.45, 7) is 18.9. The van der Waals surface area contributed by atoms with E-state index in [1.807, 2.05) is 0 Å². The largest absolute Gasteiger partial charge is 0.469 e. The first kappa shape index (κ1) is 30.6. The number of hydrogen-bond donors (Lipinski definition) is 0. The first-order valence-electron chi connectivity index (χ1n) is 16.4. The summed E-state index contributed by atoms with van der Waals surface area (Å²) < 4.78 is 6.75. The zero-order valence-electron chi connectivity index (χ0n) is 26.9. The third-order valence-electron chi connectivity index (χ3n) is 14.4. The third kappa shape index (κ3) is 4.01. The summed E-state index contributed by atoms with van der Waals surface area (Å²) in [5, 5.41) is 0. The molecule has 3 nitrogen and oxygen atoms in total. The second kappa shape index (κ2) is 10.0. The van der Waals surface area contributed by atoms with E-state index in [1.54, 1.807) is 7.11 Å². The van der Waals surface area contributed by atoms with Gasteiger partial charge in [-0.2, -0.15) is 0 Å². The second-order valence-corrected chi connectivity index (χ2v) is 17.5. The van der Waals surface area contributed by atoms with Gasteiger partial charge in [-0.15, -0.1) is 0 Å². The lowest BCUT2D eigenvalue weighted by Gasteiger charge is -2.72. The van der Waals surface area contributed by atoms with E-state index in [9.17, 15) is 9.59 Å². The molecule has 42 heavy (non-hydrogen) atoms. The number of carbonyl (C=O) groups excluding carboxylic acids is 2. The topological polar surface area (TPSA) is 43.4 Å². The fourth-order valence-corrected chi connectivity index (χ4v) is 13.0. The monoisotopic (exact) mass is 682 g/mol. The highest BCUT2D eigenvalue weighted by atomic mass is 127. The predicted molar refractivity (Wildman–Crippen MR) is 179 cm³/mol. The Hall–Kier alpha value is -1.43. The summed E-state index contributed by atoms with van der Waals surface area (Å²) in [5.41, 5.74) is 3.05. The average molecular weight is 683 g/mol. The average Bonchev–Trinajstić information content (AvgIpc) is 3.33. The lowest BCUT2D eigenvalue weighted by atomic mass is 9.32. The van der Waals surface area contributed by atoms with Crippen molar-refractivity contribution in [2.24, 2.45) is 56.7 Å². The molecule has 1 aromatic carbocycles. The van der Waals surface area contributed by atoms with Gasteiger partial charge >= 0.3 is 5.97 Å². The van der Waals surface area contributed by atoms with Crippen LogP contribution in [0.4, 0.5) is 0 Å². The maximum Gasteiger partial charge on any atom is 0.312 e. The highest BCUT2D eigenvalue weighted by Crippen LogP contribution is 2.77. The van der Waals surface area contributed by atoms with Gasteiger partial charge in [-0.05, 0) is 162 Å². The van der Waals surface area contributed by atoms with E-state index in [0.717, 1.165) is 56.1 Å². The Kier molecular flexibility index (Phi) is 7.31. The van der Waals surface area contributed by atoms with E-state index in [2.05, 4.69) is 101 Å². The number of esters is 1. The minimum atomic E-state index is -0.372. The highest BCUT2D eigenvalue weighted by Gasteiger charge is 2.72. The van der Waals surface area contributed by atoms with Crippen molar-refractivity contribution in [2.45, 2.75) is 99.3 Å². The molecule has 5 saturated carbocycles. The summed E-state index contributed by atoms with van der Waals surface area (Å²) in [6.07, 6.45) is 11.7. The van der Waals surface area contributed by atoms with Crippen LogP contribution >= 0.6 is 22.6 Å². The third-order valence-corrected chi connectivity index (χ3v) is 15.1. The Morgan fingerprint density at radius 3 is 2.38 bits per heavy atom. The molecule has 0 radical (unpaired) electrons. The summed E-state index contributed by atoms with van der Waals surface area (Å²) >= 11 is 2.36. The molecule has 228 valence electrons. The molecule has 5 fully saturated rings. The minimum Gasteiger partial charge on any atom is -0.469 e. The molecule has 5 aliphatic rings. The highest BCUT2D eigenvalue weighted by molar-refractivity contribution is 14.1. The Morgan fingerprint density at radius 2 is 1.71 bits per heavy atom. The molecule has 2 unspecified atom stereocenters. The summed E-state index contributed by atoms with van der Waals surface area (Å²) in [6, 6.07) is 8.53. The van der Waals surface area contributed by atoms with Crippen LogP contribution in [0.2, 0.25) is 0 Å². The van der Waals surface area contributed by atoms with Crippen molar-refractivity contribution in [3.8, 4) is 0 Å².